The zero-order valence-corrected chi connectivity index (χ0v) is 23.5. The SMILES string of the molecule is CCCOc1ccc(CN(C(=O)COc2ccc(CNCc3ccncc3)cc2)C2CCCCNC2=O)cc1C. The van der Waals surface area contributed by atoms with Gasteiger partial charge in [-0.05, 0) is 85.2 Å². The molecule has 1 atom stereocenters. The molecule has 8 heteroatoms. The van der Waals surface area contributed by atoms with Gasteiger partial charge in [-0.25, -0.2) is 0 Å². The summed E-state index contributed by atoms with van der Waals surface area (Å²) in [5, 5.41) is 6.38. The lowest BCUT2D eigenvalue weighted by atomic mass is 10.1. The highest BCUT2D eigenvalue weighted by atomic mass is 16.5. The van der Waals surface area contributed by atoms with E-state index in [2.05, 4.69) is 22.5 Å². The number of rotatable bonds is 13. The predicted molar refractivity (Wildman–Crippen MR) is 155 cm³/mol. The lowest BCUT2D eigenvalue weighted by Gasteiger charge is -2.30. The molecule has 1 aromatic heterocycles. The quantitative estimate of drug-likeness (QED) is 0.328. The molecule has 0 saturated carbocycles. The molecular formula is C32H40N4O4. The van der Waals surface area contributed by atoms with Crippen molar-refractivity contribution < 1.29 is 19.1 Å². The standard InChI is InChI=1S/C32H40N4O4/c1-3-18-39-30-12-9-27(19-24(30)2)22-36(29-6-4-5-15-35-32(29)38)31(37)23-40-28-10-7-25(8-11-28)20-34-21-26-13-16-33-17-14-26/h7-14,16-17,19,29,34H,3-6,15,18,20-23H2,1-2H3,(H,35,38). The zero-order chi connectivity index (χ0) is 28.2. The van der Waals surface area contributed by atoms with Crippen LogP contribution in [0.1, 0.15) is 54.9 Å². The second kappa shape index (κ2) is 15.0. The van der Waals surface area contributed by atoms with Crippen molar-refractivity contribution in [1.82, 2.24) is 20.5 Å². The number of pyridine rings is 1. The van der Waals surface area contributed by atoms with Crippen LogP contribution in [0.5, 0.6) is 11.5 Å². The Kier molecular flexibility index (Phi) is 10.9. The highest BCUT2D eigenvalue weighted by molar-refractivity contribution is 5.88. The molecule has 2 amide bonds. The first kappa shape index (κ1) is 29.1. The molecule has 1 aliphatic heterocycles. The minimum absolute atomic E-state index is 0.103. The van der Waals surface area contributed by atoms with Crippen LogP contribution in [0, 0.1) is 6.92 Å². The molecular weight excluding hydrogens is 504 g/mol. The number of aryl methyl sites for hydroxylation is 1. The summed E-state index contributed by atoms with van der Waals surface area (Å²) in [5.74, 6) is 1.14. The Hall–Kier alpha value is -3.91. The molecule has 1 saturated heterocycles. The van der Waals surface area contributed by atoms with E-state index in [1.54, 1.807) is 17.3 Å². The summed E-state index contributed by atoms with van der Waals surface area (Å²) in [6.45, 7) is 7.04. The van der Waals surface area contributed by atoms with Gasteiger partial charge in [0.05, 0.1) is 6.61 Å². The van der Waals surface area contributed by atoms with Gasteiger partial charge < -0.3 is 25.0 Å². The van der Waals surface area contributed by atoms with Gasteiger partial charge in [-0.1, -0.05) is 31.2 Å². The number of hydrogen-bond acceptors (Lipinski definition) is 6. The van der Waals surface area contributed by atoms with Crippen molar-refractivity contribution >= 4 is 11.8 Å². The fourth-order valence-corrected chi connectivity index (χ4v) is 4.76. The molecule has 3 aromatic rings. The molecule has 0 spiro atoms. The zero-order valence-electron chi connectivity index (χ0n) is 23.5. The van der Waals surface area contributed by atoms with E-state index in [9.17, 15) is 9.59 Å². The third-order valence-corrected chi connectivity index (χ3v) is 6.95. The van der Waals surface area contributed by atoms with Gasteiger partial charge >= 0.3 is 0 Å². The van der Waals surface area contributed by atoms with Crippen LogP contribution >= 0.6 is 0 Å². The van der Waals surface area contributed by atoms with E-state index in [1.807, 2.05) is 61.5 Å². The van der Waals surface area contributed by atoms with Crippen molar-refractivity contribution in [3.63, 3.8) is 0 Å². The predicted octanol–water partition coefficient (Wildman–Crippen LogP) is 4.54. The minimum atomic E-state index is -0.524. The normalized spacial score (nSPS) is 15.2. The van der Waals surface area contributed by atoms with Crippen molar-refractivity contribution in [2.45, 2.75) is 65.2 Å². The number of nitrogens with zero attached hydrogens (tertiary/aromatic N) is 2. The number of aromatic nitrogens is 1. The molecule has 8 nitrogen and oxygen atoms in total. The molecule has 2 heterocycles. The first-order chi connectivity index (χ1) is 19.5. The van der Waals surface area contributed by atoms with E-state index in [4.69, 9.17) is 9.47 Å². The van der Waals surface area contributed by atoms with Crippen molar-refractivity contribution in [2.24, 2.45) is 0 Å². The Balaban J connectivity index is 1.37. The third kappa shape index (κ3) is 8.55. The summed E-state index contributed by atoms with van der Waals surface area (Å²) >= 11 is 0. The summed E-state index contributed by atoms with van der Waals surface area (Å²) in [4.78, 5) is 32.1. The lowest BCUT2D eigenvalue weighted by molar-refractivity contribution is -0.142. The first-order valence-corrected chi connectivity index (χ1v) is 14.1. The van der Waals surface area contributed by atoms with Crippen LogP contribution in [0.3, 0.4) is 0 Å². The van der Waals surface area contributed by atoms with Gasteiger partial charge in [0.15, 0.2) is 6.61 Å². The van der Waals surface area contributed by atoms with Crippen molar-refractivity contribution in [1.29, 1.82) is 0 Å². The van der Waals surface area contributed by atoms with E-state index in [1.165, 1.54) is 5.56 Å². The molecule has 212 valence electrons. The van der Waals surface area contributed by atoms with E-state index in [0.717, 1.165) is 48.2 Å². The summed E-state index contributed by atoms with van der Waals surface area (Å²) in [6, 6.07) is 17.1. The van der Waals surface area contributed by atoms with Crippen LogP contribution in [0.25, 0.3) is 0 Å². The number of nitrogens with one attached hydrogen (secondary N) is 2. The molecule has 0 aliphatic carbocycles. The van der Waals surface area contributed by atoms with Crippen LogP contribution in [0.4, 0.5) is 0 Å². The average molecular weight is 545 g/mol. The molecule has 1 fully saturated rings. The van der Waals surface area contributed by atoms with Crippen molar-refractivity contribution in [3.8, 4) is 11.5 Å². The Morgan fingerprint density at radius 3 is 2.45 bits per heavy atom. The van der Waals surface area contributed by atoms with Crippen LogP contribution in [0.15, 0.2) is 67.0 Å². The van der Waals surface area contributed by atoms with Gasteiger partial charge in [-0.3, -0.25) is 14.6 Å². The monoisotopic (exact) mass is 544 g/mol. The number of benzene rings is 2. The summed E-state index contributed by atoms with van der Waals surface area (Å²) < 4.78 is 11.7. The summed E-state index contributed by atoms with van der Waals surface area (Å²) in [7, 11) is 0. The van der Waals surface area contributed by atoms with E-state index < -0.39 is 6.04 Å². The van der Waals surface area contributed by atoms with Crippen molar-refractivity contribution in [3.05, 3.63) is 89.2 Å². The fraction of sp³-hybridized carbons (Fsp3) is 0.406. The highest BCUT2D eigenvalue weighted by Gasteiger charge is 2.31. The van der Waals surface area contributed by atoms with Gasteiger partial charge in [-0.2, -0.15) is 0 Å². The van der Waals surface area contributed by atoms with E-state index >= 15 is 0 Å². The Labute approximate surface area is 237 Å². The van der Waals surface area contributed by atoms with Crippen LogP contribution in [0.2, 0.25) is 0 Å². The molecule has 0 radical (unpaired) electrons. The molecule has 2 N–H and O–H groups in total. The molecule has 1 unspecified atom stereocenters. The maximum absolute atomic E-state index is 13.5. The van der Waals surface area contributed by atoms with E-state index in [-0.39, 0.29) is 18.4 Å². The maximum Gasteiger partial charge on any atom is 0.261 e. The first-order valence-electron chi connectivity index (χ1n) is 14.1. The van der Waals surface area contributed by atoms with Gasteiger partial charge in [0.1, 0.15) is 17.5 Å². The second-order valence-electron chi connectivity index (χ2n) is 10.2. The summed E-state index contributed by atoms with van der Waals surface area (Å²) in [6.07, 6.45) is 6.93. The number of hydrogen-bond donors (Lipinski definition) is 2. The Morgan fingerprint density at radius 1 is 1.00 bits per heavy atom. The molecule has 40 heavy (non-hydrogen) atoms. The van der Waals surface area contributed by atoms with E-state index in [0.29, 0.717) is 38.4 Å². The van der Waals surface area contributed by atoms with Crippen LogP contribution in [-0.4, -0.2) is 47.5 Å². The van der Waals surface area contributed by atoms with Gasteiger partial charge in [-0.15, -0.1) is 0 Å². The number of ether oxygens (including phenoxy) is 2. The van der Waals surface area contributed by atoms with Crippen LogP contribution < -0.4 is 20.1 Å². The number of amides is 2. The number of carbonyl (C=O) groups is 2. The largest absolute Gasteiger partial charge is 0.493 e. The molecule has 4 rings (SSSR count). The second-order valence-corrected chi connectivity index (χ2v) is 10.2. The maximum atomic E-state index is 13.5. The Morgan fingerprint density at radius 2 is 1.73 bits per heavy atom. The average Bonchev–Trinajstić information content (AvgIpc) is 3.19. The fourth-order valence-electron chi connectivity index (χ4n) is 4.76. The molecule has 1 aliphatic rings. The third-order valence-electron chi connectivity index (χ3n) is 6.95. The smallest absolute Gasteiger partial charge is 0.261 e. The molecule has 2 aromatic carbocycles. The lowest BCUT2D eigenvalue weighted by Crippen LogP contribution is -2.49. The topological polar surface area (TPSA) is 92.8 Å². The number of carbonyl (C=O) groups excluding carboxylic acids is 2. The molecule has 0 bridgehead atoms. The van der Waals surface area contributed by atoms with Gasteiger partial charge in [0, 0.05) is 38.6 Å². The van der Waals surface area contributed by atoms with Crippen LogP contribution in [-0.2, 0) is 29.2 Å². The van der Waals surface area contributed by atoms with Gasteiger partial charge in [0.2, 0.25) is 5.91 Å². The minimum Gasteiger partial charge on any atom is -0.493 e. The highest BCUT2D eigenvalue weighted by Crippen LogP contribution is 2.23. The Bertz CT molecular complexity index is 1230. The van der Waals surface area contributed by atoms with Gasteiger partial charge in [0.25, 0.3) is 5.91 Å². The van der Waals surface area contributed by atoms with Crippen molar-refractivity contribution in [2.75, 3.05) is 19.8 Å². The summed E-state index contributed by atoms with van der Waals surface area (Å²) in [5.41, 5.74) is 4.26.